The Morgan fingerprint density at radius 2 is 1.66 bits per heavy atom. The van der Waals surface area contributed by atoms with E-state index in [1.165, 1.54) is 12.0 Å². The van der Waals surface area contributed by atoms with E-state index in [0.717, 1.165) is 35.7 Å². The average Bonchev–Trinajstić information content (AvgIpc) is 2.90. The Morgan fingerprint density at radius 1 is 1.00 bits per heavy atom. The Hall–Kier alpha value is -3.82. The number of benzene rings is 3. The van der Waals surface area contributed by atoms with Crippen LogP contribution in [0.25, 0.3) is 0 Å². The first kappa shape index (κ1) is 28.7. The normalized spacial score (nSPS) is 12.5. The van der Waals surface area contributed by atoms with Gasteiger partial charge in [0.1, 0.15) is 17.4 Å². The highest BCUT2D eigenvalue weighted by atomic mass is 19.1. The minimum Gasteiger partial charge on any atom is -0.497 e. The van der Waals surface area contributed by atoms with Gasteiger partial charge in [-0.3, -0.25) is 9.59 Å². The standard InChI is InChI=1S/C29H33F2N3O4/c1-3-19-5-4-6-20(11-19)17-34(18-27(35)26(32)14-21-12-23(30)15-24(31)13-21)28(36)16-33-29(37)22-7-9-25(38-2)10-8-22/h4-13,15,26-27,35H,3,14,16-18,32H2,1-2H3,(H,33,37)/t26?,27-/m0/s1. The zero-order chi connectivity index (χ0) is 27.7. The number of carbonyl (C=O) groups is 2. The molecule has 0 bridgehead atoms. The molecule has 38 heavy (non-hydrogen) atoms. The molecule has 0 aliphatic carbocycles. The minimum absolute atomic E-state index is 0.0113. The van der Waals surface area contributed by atoms with Gasteiger partial charge in [0.2, 0.25) is 5.91 Å². The van der Waals surface area contributed by atoms with E-state index in [9.17, 15) is 23.5 Å². The number of hydrogen-bond acceptors (Lipinski definition) is 5. The van der Waals surface area contributed by atoms with Crippen LogP contribution in [0.2, 0.25) is 0 Å². The van der Waals surface area contributed by atoms with Gasteiger partial charge in [0, 0.05) is 30.8 Å². The van der Waals surface area contributed by atoms with Gasteiger partial charge in [-0.1, -0.05) is 31.2 Å². The maximum absolute atomic E-state index is 13.6. The van der Waals surface area contributed by atoms with Gasteiger partial charge >= 0.3 is 0 Å². The summed E-state index contributed by atoms with van der Waals surface area (Å²) in [6.07, 6.45) is -0.355. The Bertz CT molecular complexity index is 1220. The molecule has 0 spiro atoms. The van der Waals surface area contributed by atoms with E-state index >= 15 is 0 Å². The second kappa shape index (κ2) is 13.6. The molecular weight excluding hydrogens is 492 g/mol. The van der Waals surface area contributed by atoms with Crippen LogP contribution in [0.4, 0.5) is 8.78 Å². The molecule has 3 aromatic carbocycles. The quantitative estimate of drug-likeness (QED) is 0.337. The van der Waals surface area contributed by atoms with Gasteiger partial charge in [-0.15, -0.1) is 0 Å². The lowest BCUT2D eigenvalue weighted by atomic mass is 10.0. The fourth-order valence-corrected chi connectivity index (χ4v) is 4.03. The number of rotatable bonds is 12. The van der Waals surface area contributed by atoms with Crippen molar-refractivity contribution in [2.45, 2.75) is 38.5 Å². The van der Waals surface area contributed by atoms with Crippen molar-refractivity contribution in [2.24, 2.45) is 5.73 Å². The number of methoxy groups -OCH3 is 1. The van der Waals surface area contributed by atoms with E-state index in [2.05, 4.69) is 5.32 Å². The van der Waals surface area contributed by atoms with Crippen LogP contribution in [0.15, 0.2) is 66.7 Å². The number of amides is 2. The zero-order valence-electron chi connectivity index (χ0n) is 21.5. The molecule has 0 aliphatic rings. The van der Waals surface area contributed by atoms with Crippen LogP contribution in [-0.4, -0.2) is 54.2 Å². The lowest BCUT2D eigenvalue weighted by Gasteiger charge is -2.28. The van der Waals surface area contributed by atoms with Crippen molar-refractivity contribution in [1.29, 1.82) is 0 Å². The average molecular weight is 526 g/mol. The molecule has 3 aromatic rings. The number of nitrogens with zero attached hydrogens (tertiary/aromatic N) is 1. The molecule has 202 valence electrons. The summed E-state index contributed by atoms with van der Waals surface area (Å²) >= 11 is 0. The third-order valence-electron chi connectivity index (χ3n) is 6.17. The van der Waals surface area contributed by atoms with Crippen molar-refractivity contribution < 1.29 is 28.2 Å². The molecule has 4 N–H and O–H groups in total. The maximum atomic E-state index is 13.6. The largest absolute Gasteiger partial charge is 0.497 e. The lowest BCUT2D eigenvalue weighted by molar-refractivity contribution is -0.132. The van der Waals surface area contributed by atoms with Crippen LogP contribution in [-0.2, 0) is 24.2 Å². The van der Waals surface area contributed by atoms with Gasteiger partial charge in [-0.05, 0) is 65.9 Å². The molecule has 0 saturated heterocycles. The third-order valence-corrected chi connectivity index (χ3v) is 6.17. The molecular formula is C29H33F2N3O4. The summed E-state index contributed by atoms with van der Waals surface area (Å²) in [4.78, 5) is 27.1. The van der Waals surface area contributed by atoms with Gasteiger partial charge < -0.3 is 25.8 Å². The maximum Gasteiger partial charge on any atom is 0.251 e. The number of ether oxygens (including phenoxy) is 1. The van der Waals surface area contributed by atoms with Crippen molar-refractivity contribution in [2.75, 3.05) is 20.2 Å². The summed E-state index contributed by atoms with van der Waals surface area (Å²) in [6, 6.07) is 16.4. The zero-order valence-corrected chi connectivity index (χ0v) is 21.5. The number of aliphatic hydroxyl groups is 1. The van der Waals surface area contributed by atoms with E-state index < -0.39 is 35.6 Å². The third kappa shape index (κ3) is 8.36. The van der Waals surface area contributed by atoms with Crippen molar-refractivity contribution >= 4 is 11.8 Å². The number of aryl methyl sites for hydroxylation is 1. The highest BCUT2D eigenvalue weighted by Crippen LogP contribution is 2.14. The van der Waals surface area contributed by atoms with Gasteiger partial charge in [-0.2, -0.15) is 0 Å². The highest BCUT2D eigenvalue weighted by molar-refractivity contribution is 5.96. The van der Waals surface area contributed by atoms with Crippen molar-refractivity contribution in [3.8, 4) is 5.75 Å². The molecule has 0 radical (unpaired) electrons. The van der Waals surface area contributed by atoms with E-state index in [-0.39, 0.29) is 26.1 Å². The van der Waals surface area contributed by atoms with Gasteiger partial charge in [-0.25, -0.2) is 8.78 Å². The second-order valence-electron chi connectivity index (χ2n) is 9.07. The molecule has 0 aromatic heterocycles. The van der Waals surface area contributed by atoms with Crippen LogP contribution in [0.1, 0.15) is 34.0 Å². The Labute approximate surface area is 221 Å². The SMILES string of the molecule is CCc1cccc(CN(C[C@H](O)C(N)Cc2cc(F)cc(F)c2)C(=O)CNC(=O)c2ccc(OC)cc2)c1. The van der Waals surface area contributed by atoms with E-state index in [1.54, 1.807) is 24.3 Å². The lowest BCUT2D eigenvalue weighted by Crippen LogP contribution is -2.48. The number of nitrogens with two attached hydrogens (primary N) is 1. The van der Waals surface area contributed by atoms with Gasteiger partial charge in [0.05, 0.1) is 19.8 Å². The summed E-state index contributed by atoms with van der Waals surface area (Å²) in [5.74, 6) is -1.72. The summed E-state index contributed by atoms with van der Waals surface area (Å²) in [5, 5.41) is 13.4. The predicted molar refractivity (Wildman–Crippen MR) is 141 cm³/mol. The number of halogens is 2. The van der Waals surface area contributed by atoms with Crippen LogP contribution in [0, 0.1) is 11.6 Å². The van der Waals surface area contributed by atoms with Crippen LogP contribution in [0.5, 0.6) is 5.75 Å². The molecule has 0 saturated carbocycles. The number of nitrogens with one attached hydrogen (secondary N) is 1. The monoisotopic (exact) mass is 525 g/mol. The fraction of sp³-hybridized carbons (Fsp3) is 0.310. The Morgan fingerprint density at radius 3 is 2.29 bits per heavy atom. The topological polar surface area (TPSA) is 105 Å². The number of carbonyl (C=O) groups excluding carboxylic acids is 2. The van der Waals surface area contributed by atoms with E-state index in [4.69, 9.17) is 10.5 Å². The molecule has 0 aliphatic heterocycles. The first-order valence-corrected chi connectivity index (χ1v) is 12.3. The van der Waals surface area contributed by atoms with Crippen LogP contribution >= 0.6 is 0 Å². The minimum atomic E-state index is -1.18. The Kier molecular flexibility index (Phi) is 10.3. The predicted octanol–water partition coefficient (Wildman–Crippen LogP) is 3.23. The van der Waals surface area contributed by atoms with Crippen molar-refractivity contribution in [3.05, 3.63) is 101 Å². The Balaban J connectivity index is 1.70. The molecule has 7 nitrogen and oxygen atoms in total. The molecule has 1 unspecified atom stereocenters. The van der Waals surface area contributed by atoms with Crippen molar-refractivity contribution in [1.82, 2.24) is 10.2 Å². The van der Waals surface area contributed by atoms with Crippen molar-refractivity contribution in [3.63, 3.8) is 0 Å². The van der Waals surface area contributed by atoms with Gasteiger partial charge in [0.15, 0.2) is 0 Å². The number of aliphatic hydroxyl groups excluding tert-OH is 1. The molecule has 0 heterocycles. The summed E-state index contributed by atoms with van der Waals surface area (Å²) in [6.45, 7) is 1.78. The molecule has 2 amide bonds. The van der Waals surface area contributed by atoms with E-state index in [0.29, 0.717) is 16.9 Å². The fourth-order valence-electron chi connectivity index (χ4n) is 4.03. The molecule has 3 rings (SSSR count). The molecule has 2 atom stereocenters. The smallest absolute Gasteiger partial charge is 0.251 e. The summed E-state index contributed by atoms with van der Waals surface area (Å²) in [5.41, 5.74) is 8.76. The van der Waals surface area contributed by atoms with E-state index in [1.807, 2.05) is 31.2 Å². The van der Waals surface area contributed by atoms with Gasteiger partial charge in [0.25, 0.3) is 5.91 Å². The molecule has 0 fully saturated rings. The first-order chi connectivity index (χ1) is 18.2. The highest BCUT2D eigenvalue weighted by Gasteiger charge is 2.23. The van der Waals surface area contributed by atoms with Crippen LogP contribution in [0.3, 0.4) is 0 Å². The number of hydrogen-bond donors (Lipinski definition) is 3. The molecule has 9 heteroatoms. The van der Waals surface area contributed by atoms with Crippen LogP contribution < -0.4 is 15.8 Å². The summed E-state index contributed by atoms with van der Waals surface area (Å²) in [7, 11) is 1.52. The first-order valence-electron chi connectivity index (χ1n) is 12.3. The second-order valence-corrected chi connectivity index (χ2v) is 9.07. The summed E-state index contributed by atoms with van der Waals surface area (Å²) < 4.78 is 32.2.